The van der Waals surface area contributed by atoms with Crippen LogP contribution >= 0.6 is 0 Å². The zero-order valence-electron chi connectivity index (χ0n) is 32.6. The summed E-state index contributed by atoms with van der Waals surface area (Å²) in [6.07, 6.45) is 10.5. The van der Waals surface area contributed by atoms with Crippen molar-refractivity contribution in [3.63, 3.8) is 0 Å². The first kappa shape index (κ1) is 42.8. The number of amides is 5. The molecule has 2 fully saturated rings. The van der Waals surface area contributed by atoms with Crippen LogP contribution in [0.1, 0.15) is 116 Å². The van der Waals surface area contributed by atoms with Crippen molar-refractivity contribution in [1.29, 1.82) is 0 Å². The Morgan fingerprint density at radius 3 is 2.31 bits per heavy atom. The van der Waals surface area contributed by atoms with E-state index in [-0.39, 0.29) is 36.9 Å². The van der Waals surface area contributed by atoms with Crippen LogP contribution in [0.3, 0.4) is 0 Å². The van der Waals surface area contributed by atoms with Gasteiger partial charge < -0.3 is 30.9 Å². The van der Waals surface area contributed by atoms with Crippen molar-refractivity contribution in [2.75, 3.05) is 6.54 Å². The summed E-state index contributed by atoms with van der Waals surface area (Å²) in [5.41, 5.74) is -0.841. The minimum Gasteiger partial charge on any atom is -0.488 e. The van der Waals surface area contributed by atoms with Gasteiger partial charge >= 0.3 is 0 Å². The van der Waals surface area contributed by atoms with Crippen LogP contribution in [0.25, 0.3) is 0 Å². The number of Topliss-reactive ketones (excluding diaryl/α,β-unsaturated/α-hetero) is 1. The molecule has 2 aliphatic rings. The highest BCUT2D eigenvalue weighted by Crippen LogP contribution is 2.29. The number of likely N-dealkylation sites (tertiary alicyclic amines) is 1. The average molecular weight is 766 g/mol. The first-order valence-electron chi connectivity index (χ1n) is 19.5. The number of benzene rings is 1. The van der Waals surface area contributed by atoms with E-state index in [9.17, 15) is 33.2 Å². The second-order valence-corrected chi connectivity index (χ2v) is 15.5. The van der Waals surface area contributed by atoms with Gasteiger partial charge in [-0.3, -0.25) is 33.8 Å². The van der Waals surface area contributed by atoms with Crippen molar-refractivity contribution in [3.05, 3.63) is 54.4 Å². The van der Waals surface area contributed by atoms with Gasteiger partial charge in [-0.1, -0.05) is 79.2 Å². The van der Waals surface area contributed by atoms with Crippen LogP contribution < -0.4 is 26.0 Å². The molecule has 1 saturated carbocycles. The number of halogens is 1. The van der Waals surface area contributed by atoms with Gasteiger partial charge in [0.05, 0.1) is 18.8 Å². The highest BCUT2D eigenvalue weighted by atomic mass is 19.1. The molecule has 4 rings (SSSR count). The maximum atomic E-state index is 14.7. The van der Waals surface area contributed by atoms with Gasteiger partial charge in [0.25, 0.3) is 11.8 Å². The van der Waals surface area contributed by atoms with Gasteiger partial charge in [0.1, 0.15) is 41.5 Å². The van der Waals surface area contributed by atoms with Crippen molar-refractivity contribution in [1.82, 2.24) is 36.1 Å². The molecule has 1 aromatic carbocycles. The molecule has 2 aromatic rings. The van der Waals surface area contributed by atoms with E-state index in [0.717, 1.165) is 38.5 Å². The molecule has 15 heteroatoms. The zero-order valence-corrected chi connectivity index (χ0v) is 32.6. The zero-order chi connectivity index (χ0) is 40.1. The lowest BCUT2D eigenvalue weighted by atomic mass is 9.85. The van der Waals surface area contributed by atoms with Gasteiger partial charge in [-0.15, -0.1) is 0 Å². The summed E-state index contributed by atoms with van der Waals surface area (Å²) in [6.45, 7) is 9.15. The average Bonchev–Trinajstić information content (AvgIpc) is 3.87. The highest BCUT2D eigenvalue weighted by molar-refractivity contribution is 6.38. The maximum absolute atomic E-state index is 14.7. The van der Waals surface area contributed by atoms with E-state index in [1.165, 1.54) is 41.7 Å². The fourth-order valence-electron chi connectivity index (χ4n) is 6.50. The Kier molecular flexibility index (Phi) is 15.6. The number of hydrogen-bond acceptors (Lipinski definition) is 9. The highest BCUT2D eigenvalue weighted by Gasteiger charge is 2.47. The number of ether oxygens (including phenoxy) is 1. The predicted molar refractivity (Wildman–Crippen MR) is 202 cm³/mol. The Balaban J connectivity index is 1.58. The van der Waals surface area contributed by atoms with E-state index < -0.39 is 76.8 Å². The van der Waals surface area contributed by atoms with Gasteiger partial charge in [0.15, 0.2) is 0 Å². The van der Waals surface area contributed by atoms with Gasteiger partial charge in [-0.05, 0) is 43.2 Å². The lowest BCUT2D eigenvalue weighted by Gasteiger charge is -2.36. The van der Waals surface area contributed by atoms with Crippen molar-refractivity contribution in [3.8, 4) is 5.75 Å². The molecule has 1 saturated heterocycles. The van der Waals surface area contributed by atoms with Crippen LogP contribution in [0.2, 0.25) is 0 Å². The first-order chi connectivity index (χ1) is 26.2. The molecule has 300 valence electrons. The van der Waals surface area contributed by atoms with Crippen LogP contribution in [0.15, 0.2) is 42.9 Å². The van der Waals surface area contributed by atoms with Crippen LogP contribution in [0, 0.1) is 11.2 Å². The van der Waals surface area contributed by atoms with E-state index in [1.807, 2.05) is 6.92 Å². The minimum atomic E-state index is -1.17. The summed E-state index contributed by atoms with van der Waals surface area (Å²) in [7, 11) is 0. The molecule has 2 heterocycles. The summed E-state index contributed by atoms with van der Waals surface area (Å²) < 4.78 is 20.1. The lowest BCUT2D eigenvalue weighted by Crippen LogP contribution is -2.61. The van der Waals surface area contributed by atoms with E-state index in [1.54, 1.807) is 26.8 Å². The number of nitrogens with one attached hydrogen (secondary N) is 4. The first-order valence-corrected chi connectivity index (χ1v) is 19.5. The topological polar surface area (TPSA) is 189 Å². The number of unbranched alkanes of at least 4 members (excludes halogenated alkanes) is 4. The third-order valence-corrected chi connectivity index (χ3v) is 9.71. The van der Waals surface area contributed by atoms with Crippen LogP contribution in [0.5, 0.6) is 5.75 Å². The summed E-state index contributed by atoms with van der Waals surface area (Å²) in [6, 6.07) is 1.01. The van der Waals surface area contributed by atoms with Gasteiger partial charge in [0.2, 0.25) is 23.5 Å². The summed E-state index contributed by atoms with van der Waals surface area (Å²) >= 11 is 0. The molecule has 0 unspecified atom stereocenters. The molecule has 4 N–H and O–H groups in total. The molecular weight excluding hydrogens is 709 g/mol. The number of hydrogen-bond donors (Lipinski definition) is 4. The van der Waals surface area contributed by atoms with E-state index in [4.69, 9.17) is 4.74 Å². The van der Waals surface area contributed by atoms with Crippen molar-refractivity contribution in [2.24, 2.45) is 5.41 Å². The van der Waals surface area contributed by atoms with Gasteiger partial charge in [-0.25, -0.2) is 9.37 Å². The van der Waals surface area contributed by atoms with Crippen molar-refractivity contribution < 1.29 is 37.9 Å². The van der Waals surface area contributed by atoms with E-state index in [2.05, 4.69) is 38.2 Å². The fraction of sp³-hybridized carbons (Fsp3) is 0.600. The largest absolute Gasteiger partial charge is 0.488 e. The van der Waals surface area contributed by atoms with E-state index >= 15 is 0 Å². The Morgan fingerprint density at radius 1 is 0.927 bits per heavy atom. The monoisotopic (exact) mass is 765 g/mol. The normalized spacial score (nSPS) is 18.4. The number of ketones is 1. The number of nitrogens with zero attached hydrogens (tertiary/aromatic N) is 3. The minimum absolute atomic E-state index is 0.00520. The molecule has 0 bridgehead atoms. The quantitative estimate of drug-likeness (QED) is 0.115. The Hall–Kier alpha value is -4.95. The number of aromatic nitrogens is 2. The number of carbonyl (C=O) groups is 6. The van der Waals surface area contributed by atoms with Crippen molar-refractivity contribution in [2.45, 2.75) is 142 Å². The molecule has 1 aromatic heterocycles. The standard InChI is InChI=1S/C40H56FN7O7/c1-6-8-9-10-11-16-30(46-36(51)31-23-42-19-20-43-31)35(50)47-34(40(3,4)5)39(54)48-24-28(55-27-15-12-14-25(41)21-27)22-32(48)37(52)45-29(13-7-2)33(49)38(53)44-26-17-18-26/h12,14-15,19-21,23,26,28-30,32,34H,6-11,13,16-18,22,24H2,1-5H3,(H,44,53)(H,45,52)(H,46,51)(H,47,50)/t28-,29+,30+,32+,34-/m1/s1. The fourth-order valence-corrected chi connectivity index (χ4v) is 6.50. The van der Waals surface area contributed by atoms with Crippen LogP contribution in [-0.4, -0.2) is 93.0 Å². The Bertz CT molecular complexity index is 1650. The molecule has 1 aliphatic heterocycles. The maximum Gasteiger partial charge on any atom is 0.289 e. The number of rotatable bonds is 20. The third-order valence-electron chi connectivity index (χ3n) is 9.71. The summed E-state index contributed by atoms with van der Waals surface area (Å²) in [5.74, 6) is -4.27. The molecule has 5 atom stereocenters. The SMILES string of the molecule is CCCCCCC[C@H](NC(=O)c1cnccn1)C(=O)N[C@H](C(=O)N1C[C@H](Oc2cccc(F)c2)C[C@H]1C(=O)N[C@@H](CCC)C(=O)C(=O)NC1CC1)C(C)(C)C. The summed E-state index contributed by atoms with van der Waals surface area (Å²) in [5, 5.41) is 11.0. The molecule has 1 aliphatic carbocycles. The third kappa shape index (κ3) is 12.8. The molecule has 0 spiro atoms. The Labute approximate surface area is 322 Å². The number of carbonyl (C=O) groups excluding carboxylic acids is 6. The van der Waals surface area contributed by atoms with Crippen LogP contribution in [0.4, 0.5) is 4.39 Å². The van der Waals surface area contributed by atoms with Gasteiger partial charge in [-0.2, -0.15) is 0 Å². The smallest absolute Gasteiger partial charge is 0.289 e. The van der Waals surface area contributed by atoms with Crippen LogP contribution in [-0.2, 0) is 24.0 Å². The van der Waals surface area contributed by atoms with E-state index in [0.29, 0.717) is 19.3 Å². The summed E-state index contributed by atoms with van der Waals surface area (Å²) in [4.78, 5) is 91.0. The Morgan fingerprint density at radius 2 is 1.67 bits per heavy atom. The lowest BCUT2D eigenvalue weighted by molar-refractivity contribution is -0.145. The second-order valence-electron chi connectivity index (χ2n) is 15.5. The molecule has 55 heavy (non-hydrogen) atoms. The van der Waals surface area contributed by atoms with Crippen molar-refractivity contribution >= 4 is 35.3 Å². The molecule has 5 amide bonds. The molecule has 14 nitrogen and oxygen atoms in total. The second kappa shape index (κ2) is 20.1. The van der Waals surface area contributed by atoms with Gasteiger partial charge in [0, 0.05) is 30.9 Å². The molecule has 0 radical (unpaired) electrons. The molecular formula is C40H56FN7O7. The predicted octanol–water partition coefficient (Wildman–Crippen LogP) is 3.79.